The zero-order valence-electron chi connectivity index (χ0n) is 8.43. The normalized spacial score (nSPS) is 10.6. The summed E-state index contributed by atoms with van der Waals surface area (Å²) in [5, 5.41) is 0. The Labute approximate surface area is 95.4 Å². The summed E-state index contributed by atoms with van der Waals surface area (Å²) in [6.45, 7) is 1.88. The minimum absolute atomic E-state index is 0. The van der Waals surface area contributed by atoms with Crippen molar-refractivity contribution < 1.29 is 17.7 Å². The summed E-state index contributed by atoms with van der Waals surface area (Å²) < 4.78 is 35.5. The van der Waals surface area contributed by atoms with Crippen molar-refractivity contribution in [2.24, 2.45) is 0 Å². The van der Waals surface area contributed by atoms with Gasteiger partial charge in [-0.1, -0.05) is 6.92 Å². The van der Waals surface area contributed by atoms with E-state index in [0.717, 1.165) is 5.56 Å². The van der Waals surface area contributed by atoms with Crippen LogP contribution in [0.3, 0.4) is 0 Å². The van der Waals surface area contributed by atoms with Crippen LogP contribution in [0.4, 0.5) is 0 Å². The Kier molecular flexibility index (Phi) is 5.07. The molecule has 0 bridgehead atoms. The zero-order chi connectivity index (χ0) is 10.8. The van der Waals surface area contributed by atoms with Crippen LogP contribution in [0.15, 0.2) is 23.1 Å². The molecule has 0 amide bonds. The number of methoxy groups -OCH3 is 1. The quantitative estimate of drug-likeness (QED) is 0.835. The standard InChI is InChI=1S/C9H12O4S.ClH/c1-3-7-6-8(14(10,11)12)4-5-9(7)13-2;/h4-6H,3H2,1-2H3,(H,10,11,12);1H. The maximum atomic E-state index is 10.8. The van der Waals surface area contributed by atoms with Crippen LogP contribution in [0, 0.1) is 0 Å². The van der Waals surface area contributed by atoms with Crippen LogP contribution in [-0.4, -0.2) is 20.1 Å². The van der Waals surface area contributed by atoms with Crippen LogP contribution in [0.25, 0.3) is 0 Å². The highest BCUT2D eigenvalue weighted by molar-refractivity contribution is 7.85. The summed E-state index contributed by atoms with van der Waals surface area (Å²) in [5.74, 6) is 0.625. The molecule has 1 rings (SSSR count). The molecule has 1 N–H and O–H groups in total. The Morgan fingerprint density at radius 3 is 2.40 bits per heavy atom. The molecule has 0 aliphatic carbocycles. The first-order valence-electron chi connectivity index (χ1n) is 4.13. The lowest BCUT2D eigenvalue weighted by Gasteiger charge is -2.07. The van der Waals surface area contributed by atoms with Crippen LogP contribution in [0.5, 0.6) is 5.75 Å². The van der Waals surface area contributed by atoms with E-state index in [2.05, 4.69) is 0 Å². The molecule has 1 aromatic carbocycles. The number of aryl methyl sites for hydroxylation is 1. The Morgan fingerprint density at radius 2 is 2.00 bits per heavy atom. The maximum Gasteiger partial charge on any atom is 0.294 e. The maximum absolute atomic E-state index is 10.8. The van der Waals surface area contributed by atoms with Crippen LogP contribution in [-0.2, 0) is 16.5 Å². The van der Waals surface area contributed by atoms with Crippen LogP contribution < -0.4 is 4.74 Å². The van der Waals surface area contributed by atoms with Gasteiger partial charge in [0.2, 0.25) is 0 Å². The van der Waals surface area contributed by atoms with Crippen molar-refractivity contribution >= 4 is 22.5 Å². The predicted octanol–water partition coefficient (Wildman–Crippen LogP) is 1.93. The second kappa shape index (κ2) is 5.34. The first kappa shape index (κ1) is 14.2. The van der Waals surface area contributed by atoms with Gasteiger partial charge in [-0.3, -0.25) is 4.55 Å². The molecule has 4 nitrogen and oxygen atoms in total. The lowest BCUT2D eigenvalue weighted by Crippen LogP contribution is -2.00. The third kappa shape index (κ3) is 3.37. The van der Waals surface area contributed by atoms with Gasteiger partial charge in [-0.2, -0.15) is 8.42 Å². The summed E-state index contributed by atoms with van der Waals surface area (Å²) in [6, 6.07) is 4.25. The highest BCUT2D eigenvalue weighted by atomic mass is 35.5. The van der Waals surface area contributed by atoms with Crippen molar-refractivity contribution in [2.45, 2.75) is 18.2 Å². The Morgan fingerprint density at radius 1 is 1.40 bits per heavy atom. The largest absolute Gasteiger partial charge is 0.496 e. The average Bonchev–Trinajstić information content (AvgIpc) is 2.15. The minimum atomic E-state index is -4.12. The fraction of sp³-hybridized carbons (Fsp3) is 0.333. The fourth-order valence-corrected chi connectivity index (χ4v) is 1.72. The van der Waals surface area contributed by atoms with E-state index in [1.165, 1.54) is 25.3 Å². The van der Waals surface area contributed by atoms with Gasteiger partial charge in [-0.25, -0.2) is 0 Å². The zero-order valence-corrected chi connectivity index (χ0v) is 10.1. The third-order valence-electron chi connectivity index (χ3n) is 1.93. The van der Waals surface area contributed by atoms with Gasteiger partial charge in [0.05, 0.1) is 12.0 Å². The second-order valence-electron chi connectivity index (χ2n) is 2.80. The number of hydrogen-bond donors (Lipinski definition) is 1. The van der Waals surface area contributed by atoms with Crippen LogP contribution in [0.1, 0.15) is 12.5 Å². The minimum Gasteiger partial charge on any atom is -0.496 e. The molecule has 0 radical (unpaired) electrons. The van der Waals surface area contributed by atoms with E-state index in [9.17, 15) is 8.42 Å². The summed E-state index contributed by atoms with van der Waals surface area (Å²) >= 11 is 0. The molecule has 0 heterocycles. The number of benzene rings is 1. The van der Waals surface area contributed by atoms with Gasteiger partial charge in [-0.05, 0) is 30.2 Å². The molecule has 0 saturated heterocycles. The molecular formula is C9H13ClO4S. The molecule has 15 heavy (non-hydrogen) atoms. The van der Waals surface area contributed by atoms with E-state index in [4.69, 9.17) is 9.29 Å². The number of rotatable bonds is 3. The average molecular weight is 253 g/mol. The van der Waals surface area contributed by atoms with E-state index in [0.29, 0.717) is 12.2 Å². The Balaban J connectivity index is 0.00000196. The van der Waals surface area contributed by atoms with Gasteiger partial charge < -0.3 is 4.74 Å². The van der Waals surface area contributed by atoms with E-state index in [-0.39, 0.29) is 17.3 Å². The molecule has 0 aliphatic heterocycles. The summed E-state index contributed by atoms with van der Waals surface area (Å²) in [7, 11) is -2.60. The van der Waals surface area contributed by atoms with Crippen LogP contribution in [0.2, 0.25) is 0 Å². The van der Waals surface area contributed by atoms with Gasteiger partial charge >= 0.3 is 0 Å². The van der Waals surface area contributed by atoms with E-state index < -0.39 is 10.1 Å². The van der Waals surface area contributed by atoms with Crippen LogP contribution >= 0.6 is 12.4 Å². The van der Waals surface area contributed by atoms with E-state index in [1.54, 1.807) is 0 Å². The van der Waals surface area contributed by atoms with E-state index in [1.807, 2.05) is 6.92 Å². The van der Waals surface area contributed by atoms with Gasteiger partial charge in [-0.15, -0.1) is 12.4 Å². The summed E-state index contributed by atoms with van der Waals surface area (Å²) in [5.41, 5.74) is 0.752. The molecule has 6 heteroatoms. The topological polar surface area (TPSA) is 63.6 Å². The number of hydrogen-bond acceptors (Lipinski definition) is 3. The summed E-state index contributed by atoms with van der Waals surface area (Å²) in [4.78, 5) is -0.102. The monoisotopic (exact) mass is 252 g/mol. The lowest BCUT2D eigenvalue weighted by molar-refractivity contribution is 0.409. The van der Waals surface area contributed by atoms with Crippen molar-refractivity contribution in [1.29, 1.82) is 0 Å². The first-order chi connectivity index (χ1) is 6.49. The molecular weight excluding hydrogens is 240 g/mol. The number of halogens is 1. The van der Waals surface area contributed by atoms with Crippen molar-refractivity contribution in [3.05, 3.63) is 23.8 Å². The highest BCUT2D eigenvalue weighted by Crippen LogP contribution is 2.22. The highest BCUT2D eigenvalue weighted by Gasteiger charge is 2.11. The second-order valence-corrected chi connectivity index (χ2v) is 4.22. The van der Waals surface area contributed by atoms with Crippen molar-refractivity contribution in [2.75, 3.05) is 7.11 Å². The molecule has 0 fully saturated rings. The SMILES string of the molecule is CCc1cc(S(=O)(=O)O)ccc1OC.Cl. The molecule has 0 aliphatic rings. The smallest absolute Gasteiger partial charge is 0.294 e. The molecule has 0 saturated carbocycles. The number of ether oxygens (including phenoxy) is 1. The van der Waals surface area contributed by atoms with Crippen molar-refractivity contribution in [3.63, 3.8) is 0 Å². The fourth-order valence-electron chi connectivity index (χ4n) is 1.19. The Hall–Kier alpha value is -0.780. The van der Waals surface area contributed by atoms with Gasteiger partial charge in [0, 0.05) is 0 Å². The first-order valence-corrected chi connectivity index (χ1v) is 5.57. The van der Waals surface area contributed by atoms with Crippen molar-refractivity contribution in [3.8, 4) is 5.75 Å². The Bertz CT molecular complexity index is 428. The molecule has 0 aromatic heterocycles. The van der Waals surface area contributed by atoms with Gasteiger partial charge in [0.15, 0.2) is 0 Å². The predicted molar refractivity (Wildman–Crippen MR) is 59.4 cm³/mol. The lowest BCUT2D eigenvalue weighted by atomic mass is 10.1. The molecule has 0 atom stereocenters. The van der Waals surface area contributed by atoms with Gasteiger partial charge in [0.25, 0.3) is 10.1 Å². The third-order valence-corrected chi connectivity index (χ3v) is 2.78. The van der Waals surface area contributed by atoms with Gasteiger partial charge in [0.1, 0.15) is 5.75 Å². The molecule has 0 unspecified atom stereocenters. The molecule has 86 valence electrons. The summed E-state index contributed by atoms with van der Waals surface area (Å²) in [6.07, 6.45) is 0.645. The molecule has 1 aromatic rings. The molecule has 0 spiro atoms. The van der Waals surface area contributed by atoms with Crippen molar-refractivity contribution in [1.82, 2.24) is 0 Å². The van der Waals surface area contributed by atoms with E-state index >= 15 is 0 Å².